The molecule has 8 nitrogen and oxygen atoms in total. The van der Waals surface area contributed by atoms with Crippen LogP contribution in [0.5, 0.6) is 11.5 Å². The van der Waals surface area contributed by atoms with E-state index in [2.05, 4.69) is 10.3 Å². The van der Waals surface area contributed by atoms with Crippen LogP contribution in [0.15, 0.2) is 30.5 Å². The van der Waals surface area contributed by atoms with Gasteiger partial charge >= 0.3 is 0 Å². The van der Waals surface area contributed by atoms with Crippen LogP contribution < -0.4 is 14.8 Å². The topological polar surface area (TPSA) is 85.7 Å². The highest BCUT2D eigenvalue weighted by Gasteiger charge is 2.32. The fourth-order valence-corrected chi connectivity index (χ4v) is 3.28. The largest absolute Gasteiger partial charge is 0.493 e. The highest BCUT2D eigenvalue weighted by molar-refractivity contribution is 5.96. The van der Waals surface area contributed by atoms with Crippen LogP contribution in [-0.4, -0.2) is 59.6 Å². The number of carbonyl (C=O) groups is 2. The van der Waals surface area contributed by atoms with Gasteiger partial charge in [-0.3, -0.25) is 9.59 Å². The Morgan fingerprint density at radius 1 is 1.25 bits per heavy atom. The fourth-order valence-electron chi connectivity index (χ4n) is 3.28. The van der Waals surface area contributed by atoms with Crippen molar-refractivity contribution in [3.05, 3.63) is 42.0 Å². The number of hydrogen-bond acceptors (Lipinski definition) is 5. The molecule has 2 heterocycles. The van der Waals surface area contributed by atoms with E-state index in [1.165, 1.54) is 12.8 Å². The number of nitrogens with zero attached hydrogens (tertiary/aromatic N) is 3. The summed E-state index contributed by atoms with van der Waals surface area (Å²) in [4.78, 5) is 31.1. The highest BCUT2D eigenvalue weighted by atomic mass is 16.5. The van der Waals surface area contributed by atoms with Crippen molar-refractivity contribution in [3.8, 4) is 11.5 Å². The molecule has 1 N–H and O–H groups in total. The van der Waals surface area contributed by atoms with Crippen LogP contribution in [-0.2, 0) is 6.54 Å². The Kier molecular flexibility index (Phi) is 5.18. The molecule has 1 aromatic carbocycles. The number of methoxy groups -OCH3 is 1. The average Bonchev–Trinajstić information content (AvgIpc) is 3.42. The number of nitrogens with one attached hydrogen (secondary N) is 1. The second kappa shape index (κ2) is 7.92. The summed E-state index contributed by atoms with van der Waals surface area (Å²) < 4.78 is 12.6. The monoisotopic (exact) mass is 384 g/mol. The highest BCUT2D eigenvalue weighted by Crippen LogP contribution is 2.30. The van der Waals surface area contributed by atoms with Crippen molar-refractivity contribution >= 4 is 11.8 Å². The molecule has 1 fully saturated rings. The van der Waals surface area contributed by atoms with Gasteiger partial charge in [-0.25, -0.2) is 4.98 Å². The number of carbonyl (C=O) groups excluding carboxylic acids is 2. The molecule has 2 amide bonds. The number of hydrogen-bond donors (Lipinski definition) is 1. The lowest BCUT2D eigenvalue weighted by Gasteiger charge is -2.27. The van der Waals surface area contributed by atoms with Gasteiger partial charge in [0.15, 0.2) is 17.3 Å². The van der Waals surface area contributed by atoms with Gasteiger partial charge in [0, 0.05) is 25.8 Å². The van der Waals surface area contributed by atoms with Crippen LogP contribution in [0.4, 0.5) is 0 Å². The summed E-state index contributed by atoms with van der Waals surface area (Å²) in [6.45, 7) is 2.76. The van der Waals surface area contributed by atoms with Crippen LogP contribution in [0.3, 0.4) is 0 Å². The summed E-state index contributed by atoms with van der Waals surface area (Å²) in [5.41, 5.74) is 0.258. The van der Waals surface area contributed by atoms with Gasteiger partial charge in [0.25, 0.3) is 11.8 Å². The number of para-hydroxylation sites is 2. The molecule has 0 spiro atoms. The first-order valence-electron chi connectivity index (χ1n) is 9.56. The number of imidazole rings is 1. The summed E-state index contributed by atoms with van der Waals surface area (Å²) in [6.07, 6.45) is 4.05. The standard InChI is InChI=1S/C20H24N4O4/c1-27-16-4-2-3-5-17(16)28-11-8-21-19(25)15-13-23-9-10-24(12-14-6-7-14)20(26)18(23)22-15/h2-5,13-14H,6-12H2,1H3,(H,21,25). The maximum Gasteiger partial charge on any atom is 0.289 e. The van der Waals surface area contributed by atoms with Gasteiger partial charge in [0.2, 0.25) is 0 Å². The Labute approximate surface area is 163 Å². The normalized spacial score (nSPS) is 15.9. The van der Waals surface area contributed by atoms with Crippen molar-refractivity contribution < 1.29 is 19.1 Å². The number of benzene rings is 1. The minimum atomic E-state index is -0.313. The second-order valence-electron chi connectivity index (χ2n) is 7.09. The Morgan fingerprint density at radius 2 is 2.04 bits per heavy atom. The third kappa shape index (κ3) is 3.95. The van der Waals surface area contributed by atoms with Gasteiger partial charge in [-0.15, -0.1) is 0 Å². The van der Waals surface area contributed by atoms with E-state index in [1.807, 2.05) is 29.2 Å². The van der Waals surface area contributed by atoms with E-state index < -0.39 is 0 Å². The molecule has 1 aromatic heterocycles. The molecule has 1 aliphatic carbocycles. The van der Waals surface area contributed by atoms with Crippen LogP contribution >= 0.6 is 0 Å². The van der Waals surface area contributed by atoms with Gasteiger partial charge in [-0.05, 0) is 30.9 Å². The third-order valence-electron chi connectivity index (χ3n) is 4.99. The third-order valence-corrected chi connectivity index (χ3v) is 4.99. The maximum atomic E-state index is 12.6. The van der Waals surface area contributed by atoms with Crippen LogP contribution in [0, 0.1) is 5.92 Å². The molecular formula is C20H24N4O4. The summed E-state index contributed by atoms with van der Waals surface area (Å²) in [7, 11) is 1.58. The SMILES string of the molecule is COc1ccccc1OCCNC(=O)c1cn2c(n1)C(=O)N(CC1CC1)CC2. The van der Waals surface area contributed by atoms with Crippen molar-refractivity contribution in [1.29, 1.82) is 0 Å². The molecule has 0 unspecified atom stereocenters. The Hall–Kier alpha value is -3.03. The maximum absolute atomic E-state index is 12.6. The van der Waals surface area contributed by atoms with Gasteiger partial charge in [0.1, 0.15) is 12.3 Å². The van der Waals surface area contributed by atoms with Crippen LogP contribution in [0.2, 0.25) is 0 Å². The Balaban J connectivity index is 1.30. The minimum Gasteiger partial charge on any atom is -0.493 e. The molecule has 4 rings (SSSR count). The summed E-state index contributed by atoms with van der Waals surface area (Å²) in [5.74, 6) is 1.85. The van der Waals surface area contributed by atoms with E-state index in [-0.39, 0.29) is 17.5 Å². The van der Waals surface area contributed by atoms with E-state index in [9.17, 15) is 9.59 Å². The van der Waals surface area contributed by atoms with E-state index >= 15 is 0 Å². The number of amides is 2. The predicted molar refractivity (Wildman–Crippen MR) is 102 cm³/mol. The van der Waals surface area contributed by atoms with Crippen molar-refractivity contribution in [2.45, 2.75) is 19.4 Å². The van der Waals surface area contributed by atoms with Crippen LogP contribution in [0.1, 0.15) is 33.9 Å². The molecule has 8 heteroatoms. The Morgan fingerprint density at radius 3 is 2.79 bits per heavy atom. The van der Waals surface area contributed by atoms with Gasteiger partial charge in [-0.1, -0.05) is 12.1 Å². The summed E-state index contributed by atoms with van der Waals surface area (Å²) in [5, 5.41) is 2.78. The zero-order valence-corrected chi connectivity index (χ0v) is 15.9. The zero-order valence-electron chi connectivity index (χ0n) is 15.9. The van der Waals surface area contributed by atoms with Crippen molar-refractivity contribution in [1.82, 2.24) is 19.8 Å². The molecule has 0 radical (unpaired) electrons. The average molecular weight is 384 g/mol. The molecular weight excluding hydrogens is 360 g/mol. The molecule has 0 bridgehead atoms. The molecule has 1 aliphatic heterocycles. The number of rotatable bonds is 8. The molecule has 2 aliphatic rings. The molecule has 0 atom stereocenters. The Bertz CT molecular complexity index is 875. The molecule has 28 heavy (non-hydrogen) atoms. The van der Waals surface area contributed by atoms with Crippen LogP contribution in [0.25, 0.3) is 0 Å². The first kappa shape index (κ1) is 18.3. The summed E-state index contributed by atoms with van der Waals surface area (Å²) >= 11 is 0. The zero-order chi connectivity index (χ0) is 19.5. The van der Waals surface area contributed by atoms with Gasteiger partial charge in [0.05, 0.1) is 13.7 Å². The minimum absolute atomic E-state index is 0.0864. The first-order valence-corrected chi connectivity index (χ1v) is 9.56. The van der Waals surface area contributed by atoms with Gasteiger partial charge in [-0.2, -0.15) is 0 Å². The number of aromatic nitrogens is 2. The van der Waals surface area contributed by atoms with E-state index in [0.29, 0.717) is 49.5 Å². The molecule has 1 saturated carbocycles. The summed E-state index contributed by atoms with van der Waals surface area (Å²) in [6, 6.07) is 7.34. The smallest absolute Gasteiger partial charge is 0.289 e. The lowest BCUT2D eigenvalue weighted by molar-refractivity contribution is 0.0688. The van der Waals surface area contributed by atoms with E-state index in [1.54, 1.807) is 17.9 Å². The fraction of sp³-hybridized carbons (Fsp3) is 0.450. The van der Waals surface area contributed by atoms with E-state index in [0.717, 1.165) is 6.54 Å². The number of fused-ring (bicyclic) bond motifs is 1. The lowest BCUT2D eigenvalue weighted by atomic mass is 10.3. The van der Waals surface area contributed by atoms with Crippen molar-refractivity contribution in [3.63, 3.8) is 0 Å². The quantitative estimate of drug-likeness (QED) is 0.698. The first-order chi connectivity index (χ1) is 13.7. The second-order valence-corrected chi connectivity index (χ2v) is 7.09. The van der Waals surface area contributed by atoms with Gasteiger partial charge < -0.3 is 24.3 Å². The molecule has 2 aromatic rings. The van der Waals surface area contributed by atoms with Crippen molar-refractivity contribution in [2.75, 3.05) is 33.4 Å². The van der Waals surface area contributed by atoms with E-state index in [4.69, 9.17) is 9.47 Å². The number of ether oxygens (including phenoxy) is 2. The lowest BCUT2D eigenvalue weighted by Crippen LogP contribution is -2.41. The van der Waals surface area contributed by atoms with Crippen molar-refractivity contribution in [2.24, 2.45) is 5.92 Å². The molecule has 148 valence electrons. The molecule has 0 saturated heterocycles. The predicted octanol–water partition coefficient (Wildman–Crippen LogP) is 1.57.